The van der Waals surface area contributed by atoms with E-state index in [9.17, 15) is 26.4 Å². The minimum Gasteiger partial charge on any atom is -0.406 e. The lowest BCUT2D eigenvalue weighted by atomic mass is 9.99. The second kappa shape index (κ2) is 6.36. The standard InChI is InChI=1S/C13H15F3N2O4S/c14-13(15,16)22-10-4-1-5-11(7-10)23(20,21)18-6-2-3-9(8-18)12(17)19/h1,4-5,7,9H,2-3,6,8H2,(H2,17,19). The summed E-state index contributed by atoms with van der Waals surface area (Å²) < 4.78 is 66.5. The first-order valence-electron chi connectivity index (χ1n) is 6.75. The van der Waals surface area contributed by atoms with Gasteiger partial charge in [0.2, 0.25) is 15.9 Å². The molecule has 0 radical (unpaired) electrons. The molecule has 1 heterocycles. The van der Waals surface area contributed by atoms with Crippen LogP contribution in [0.4, 0.5) is 13.2 Å². The van der Waals surface area contributed by atoms with Gasteiger partial charge >= 0.3 is 6.36 Å². The van der Waals surface area contributed by atoms with Crippen molar-refractivity contribution in [2.75, 3.05) is 13.1 Å². The zero-order valence-corrected chi connectivity index (χ0v) is 12.7. The number of carbonyl (C=O) groups is 1. The largest absolute Gasteiger partial charge is 0.573 e. The summed E-state index contributed by atoms with van der Waals surface area (Å²) in [5.41, 5.74) is 5.20. The van der Waals surface area contributed by atoms with Crippen LogP contribution >= 0.6 is 0 Å². The van der Waals surface area contributed by atoms with Crippen LogP contribution in [0, 0.1) is 5.92 Å². The van der Waals surface area contributed by atoms with E-state index in [1.54, 1.807) is 0 Å². The molecule has 1 aliphatic rings. The van der Waals surface area contributed by atoms with E-state index in [-0.39, 0.29) is 18.0 Å². The van der Waals surface area contributed by atoms with Crippen LogP contribution in [0.3, 0.4) is 0 Å². The van der Waals surface area contributed by atoms with E-state index in [1.807, 2.05) is 0 Å². The van der Waals surface area contributed by atoms with Crippen molar-refractivity contribution in [1.82, 2.24) is 4.31 Å². The number of alkyl halides is 3. The third-order valence-electron chi connectivity index (χ3n) is 3.46. The van der Waals surface area contributed by atoms with Crippen molar-refractivity contribution in [2.45, 2.75) is 24.1 Å². The van der Waals surface area contributed by atoms with Crippen molar-refractivity contribution in [3.05, 3.63) is 24.3 Å². The Balaban J connectivity index is 2.25. The maximum atomic E-state index is 12.5. The number of nitrogens with zero attached hydrogens (tertiary/aromatic N) is 1. The number of sulfonamides is 1. The van der Waals surface area contributed by atoms with E-state index >= 15 is 0 Å². The molecule has 1 aliphatic heterocycles. The number of amides is 1. The first kappa shape index (κ1) is 17.5. The second-order valence-electron chi connectivity index (χ2n) is 5.13. The lowest BCUT2D eigenvalue weighted by Gasteiger charge is -2.30. The van der Waals surface area contributed by atoms with Gasteiger partial charge in [0.25, 0.3) is 0 Å². The topological polar surface area (TPSA) is 89.7 Å². The normalized spacial score (nSPS) is 20.2. The quantitative estimate of drug-likeness (QED) is 0.889. The zero-order chi connectivity index (χ0) is 17.3. The van der Waals surface area contributed by atoms with E-state index in [2.05, 4.69) is 4.74 Å². The van der Waals surface area contributed by atoms with Crippen LogP contribution in [-0.4, -0.2) is 38.1 Å². The summed E-state index contributed by atoms with van der Waals surface area (Å²) in [5.74, 6) is -1.82. The molecular weight excluding hydrogens is 337 g/mol. The Morgan fingerprint density at radius 1 is 1.35 bits per heavy atom. The fraction of sp³-hybridized carbons (Fsp3) is 0.462. The zero-order valence-electron chi connectivity index (χ0n) is 11.9. The Morgan fingerprint density at radius 2 is 2.04 bits per heavy atom. The van der Waals surface area contributed by atoms with E-state index in [1.165, 1.54) is 6.07 Å². The predicted molar refractivity (Wildman–Crippen MR) is 73.8 cm³/mol. The number of hydrogen-bond donors (Lipinski definition) is 1. The molecule has 1 amide bonds. The monoisotopic (exact) mass is 352 g/mol. The summed E-state index contributed by atoms with van der Waals surface area (Å²) in [6, 6.07) is 4.14. The van der Waals surface area contributed by atoms with E-state index < -0.39 is 34.0 Å². The number of ether oxygens (including phenoxy) is 1. The molecule has 1 saturated heterocycles. The smallest absolute Gasteiger partial charge is 0.406 e. The molecule has 0 spiro atoms. The van der Waals surface area contributed by atoms with Gasteiger partial charge in [0.05, 0.1) is 10.8 Å². The van der Waals surface area contributed by atoms with Crippen LogP contribution < -0.4 is 10.5 Å². The van der Waals surface area contributed by atoms with Gasteiger partial charge in [0.15, 0.2) is 0 Å². The van der Waals surface area contributed by atoms with Crippen LogP contribution in [0.5, 0.6) is 5.75 Å². The van der Waals surface area contributed by atoms with Crippen molar-refractivity contribution in [1.29, 1.82) is 0 Å². The molecule has 6 nitrogen and oxygen atoms in total. The summed E-state index contributed by atoms with van der Waals surface area (Å²) >= 11 is 0. The molecule has 128 valence electrons. The van der Waals surface area contributed by atoms with Crippen molar-refractivity contribution in [3.8, 4) is 5.75 Å². The fourth-order valence-corrected chi connectivity index (χ4v) is 3.93. The summed E-state index contributed by atoms with van der Waals surface area (Å²) in [4.78, 5) is 10.9. The van der Waals surface area contributed by atoms with Gasteiger partial charge in [-0.25, -0.2) is 8.42 Å². The van der Waals surface area contributed by atoms with Crippen molar-refractivity contribution in [2.24, 2.45) is 11.7 Å². The summed E-state index contributed by atoms with van der Waals surface area (Å²) in [7, 11) is -4.03. The van der Waals surface area contributed by atoms with Gasteiger partial charge in [-0.3, -0.25) is 4.79 Å². The third kappa shape index (κ3) is 4.35. The SMILES string of the molecule is NC(=O)C1CCCN(S(=O)(=O)c2cccc(OC(F)(F)F)c2)C1. The van der Waals surface area contributed by atoms with E-state index in [0.29, 0.717) is 12.8 Å². The van der Waals surface area contributed by atoms with E-state index in [4.69, 9.17) is 5.73 Å². The average Bonchev–Trinajstić information content (AvgIpc) is 2.46. The molecule has 0 bridgehead atoms. The minimum absolute atomic E-state index is 0.0813. The molecular formula is C13H15F3N2O4S. The third-order valence-corrected chi connectivity index (χ3v) is 5.32. The van der Waals surface area contributed by atoms with Crippen molar-refractivity contribution in [3.63, 3.8) is 0 Å². The van der Waals surface area contributed by atoms with Crippen LogP contribution in [0.15, 0.2) is 29.2 Å². The number of benzene rings is 1. The minimum atomic E-state index is -4.91. The van der Waals surface area contributed by atoms with Gasteiger partial charge in [-0.2, -0.15) is 4.31 Å². The van der Waals surface area contributed by atoms with Crippen LogP contribution in [0.2, 0.25) is 0 Å². The van der Waals surface area contributed by atoms with Crippen molar-refractivity contribution < 1.29 is 31.1 Å². The highest BCUT2D eigenvalue weighted by molar-refractivity contribution is 7.89. The Kier molecular flexibility index (Phi) is 4.85. The summed E-state index contributed by atoms with van der Waals surface area (Å²) in [5, 5.41) is 0. The highest BCUT2D eigenvalue weighted by Gasteiger charge is 2.34. The molecule has 1 aromatic carbocycles. The predicted octanol–water partition coefficient (Wildman–Crippen LogP) is 1.47. The molecule has 1 fully saturated rings. The number of piperidine rings is 1. The molecule has 2 rings (SSSR count). The van der Waals surface area contributed by atoms with Crippen LogP contribution in [0.1, 0.15) is 12.8 Å². The Bertz CT molecular complexity index is 691. The first-order chi connectivity index (χ1) is 10.6. The molecule has 1 atom stereocenters. The molecule has 0 aromatic heterocycles. The average molecular weight is 352 g/mol. The first-order valence-corrected chi connectivity index (χ1v) is 8.19. The van der Waals surface area contributed by atoms with Crippen LogP contribution in [-0.2, 0) is 14.8 Å². The lowest BCUT2D eigenvalue weighted by molar-refractivity contribution is -0.274. The maximum Gasteiger partial charge on any atom is 0.573 e. The number of halogens is 3. The molecule has 0 aliphatic carbocycles. The number of rotatable bonds is 4. The van der Waals surface area contributed by atoms with Gasteiger partial charge in [0, 0.05) is 19.2 Å². The van der Waals surface area contributed by atoms with Gasteiger partial charge in [-0.15, -0.1) is 13.2 Å². The van der Waals surface area contributed by atoms with Gasteiger partial charge < -0.3 is 10.5 Å². The van der Waals surface area contributed by atoms with Gasteiger partial charge in [0.1, 0.15) is 5.75 Å². The number of carbonyl (C=O) groups excluding carboxylic acids is 1. The Hall–Kier alpha value is -1.81. The highest BCUT2D eigenvalue weighted by Crippen LogP contribution is 2.28. The highest BCUT2D eigenvalue weighted by atomic mass is 32.2. The Labute approximate surface area is 131 Å². The molecule has 0 saturated carbocycles. The summed E-state index contributed by atoms with van der Waals surface area (Å²) in [6.45, 7) is 0.0957. The molecule has 23 heavy (non-hydrogen) atoms. The molecule has 10 heteroatoms. The number of nitrogens with two attached hydrogens (primary N) is 1. The molecule has 1 aromatic rings. The molecule has 1 unspecified atom stereocenters. The maximum absolute atomic E-state index is 12.5. The van der Waals surface area contributed by atoms with Crippen molar-refractivity contribution >= 4 is 15.9 Å². The lowest BCUT2D eigenvalue weighted by Crippen LogP contribution is -2.44. The van der Waals surface area contributed by atoms with E-state index in [0.717, 1.165) is 22.5 Å². The Morgan fingerprint density at radius 3 is 2.65 bits per heavy atom. The molecule has 2 N–H and O–H groups in total. The summed E-state index contributed by atoms with van der Waals surface area (Å²) in [6.07, 6.45) is -3.98. The van der Waals surface area contributed by atoms with Gasteiger partial charge in [-0.1, -0.05) is 6.07 Å². The number of primary amides is 1. The van der Waals surface area contributed by atoms with Crippen LogP contribution in [0.25, 0.3) is 0 Å². The second-order valence-corrected chi connectivity index (χ2v) is 7.07. The number of hydrogen-bond acceptors (Lipinski definition) is 4. The fourth-order valence-electron chi connectivity index (χ4n) is 2.37. The van der Waals surface area contributed by atoms with Gasteiger partial charge in [-0.05, 0) is 25.0 Å².